The van der Waals surface area contributed by atoms with Gasteiger partial charge < -0.3 is 4.74 Å². The highest BCUT2D eigenvalue weighted by Gasteiger charge is 2.23. The van der Waals surface area contributed by atoms with E-state index in [1.165, 1.54) is 47.1 Å². The van der Waals surface area contributed by atoms with Crippen molar-refractivity contribution in [2.75, 3.05) is 13.1 Å². The molecule has 0 aliphatic heterocycles. The number of benzene rings is 2. The number of hydrogen-bond acceptors (Lipinski definition) is 3. The fraction of sp³-hybridized carbons (Fsp3) is 0.485. The van der Waals surface area contributed by atoms with Crippen molar-refractivity contribution in [2.45, 2.75) is 85.8 Å². The molecule has 0 unspecified atom stereocenters. The molecule has 3 nitrogen and oxygen atoms in total. The van der Waals surface area contributed by atoms with Crippen LogP contribution in [-0.2, 0) is 25.8 Å². The van der Waals surface area contributed by atoms with Crippen molar-refractivity contribution in [1.82, 2.24) is 9.88 Å². The maximum atomic E-state index is 6.48. The summed E-state index contributed by atoms with van der Waals surface area (Å²) in [5.41, 5.74) is 8.81. The average molecular weight is 485 g/mol. The van der Waals surface area contributed by atoms with E-state index in [9.17, 15) is 0 Å². The van der Waals surface area contributed by atoms with Gasteiger partial charge in [-0.05, 0) is 75.5 Å². The summed E-state index contributed by atoms with van der Waals surface area (Å²) >= 11 is 0. The highest BCUT2D eigenvalue weighted by molar-refractivity contribution is 5.70. The third-order valence-electron chi connectivity index (χ3n) is 7.59. The molecule has 0 atom stereocenters. The zero-order valence-corrected chi connectivity index (χ0v) is 23.0. The predicted octanol–water partition coefficient (Wildman–Crippen LogP) is 7.81. The Hall–Kier alpha value is -2.65. The highest BCUT2D eigenvalue weighted by Crippen LogP contribution is 2.35. The predicted molar refractivity (Wildman–Crippen MR) is 152 cm³/mol. The Kier molecular flexibility index (Phi) is 9.20. The van der Waals surface area contributed by atoms with E-state index in [-0.39, 0.29) is 6.10 Å². The van der Waals surface area contributed by atoms with Gasteiger partial charge >= 0.3 is 0 Å². The van der Waals surface area contributed by atoms with Gasteiger partial charge in [-0.2, -0.15) is 0 Å². The van der Waals surface area contributed by atoms with Crippen LogP contribution in [0.25, 0.3) is 11.3 Å². The number of pyridine rings is 1. The van der Waals surface area contributed by atoms with E-state index >= 15 is 0 Å². The van der Waals surface area contributed by atoms with E-state index in [0.717, 1.165) is 62.0 Å². The molecular weight excluding hydrogens is 440 g/mol. The molecule has 0 spiro atoms. The van der Waals surface area contributed by atoms with Crippen LogP contribution < -0.4 is 4.74 Å². The Bertz CT molecular complexity index is 1100. The van der Waals surface area contributed by atoms with Crippen molar-refractivity contribution < 1.29 is 4.74 Å². The van der Waals surface area contributed by atoms with Gasteiger partial charge in [-0.25, -0.2) is 0 Å². The molecule has 4 rings (SSSR count). The van der Waals surface area contributed by atoms with E-state index in [1.807, 2.05) is 0 Å². The Morgan fingerprint density at radius 2 is 1.67 bits per heavy atom. The van der Waals surface area contributed by atoms with Crippen molar-refractivity contribution in [3.8, 4) is 17.0 Å². The van der Waals surface area contributed by atoms with Gasteiger partial charge in [0, 0.05) is 42.5 Å². The van der Waals surface area contributed by atoms with Crippen LogP contribution in [0.5, 0.6) is 5.75 Å². The Balaban J connectivity index is 1.67. The van der Waals surface area contributed by atoms with Crippen LogP contribution in [0.15, 0.2) is 54.6 Å². The van der Waals surface area contributed by atoms with Gasteiger partial charge in [-0.1, -0.05) is 68.8 Å². The zero-order valence-electron chi connectivity index (χ0n) is 23.0. The quantitative estimate of drug-likeness (QED) is 0.262. The molecule has 3 heteroatoms. The van der Waals surface area contributed by atoms with E-state index in [1.54, 1.807) is 0 Å². The summed E-state index contributed by atoms with van der Waals surface area (Å²) in [4.78, 5) is 7.85. The third-order valence-corrected chi connectivity index (χ3v) is 7.59. The van der Waals surface area contributed by atoms with Crippen LogP contribution in [0.3, 0.4) is 0 Å². The number of aryl methyl sites for hydroxylation is 3. The molecule has 1 heterocycles. The number of ether oxygens (including phenoxy) is 1. The largest absolute Gasteiger partial charge is 0.491 e. The molecule has 0 amide bonds. The van der Waals surface area contributed by atoms with Gasteiger partial charge in [-0.15, -0.1) is 0 Å². The maximum Gasteiger partial charge on any atom is 0.128 e. The smallest absolute Gasteiger partial charge is 0.128 e. The van der Waals surface area contributed by atoms with Gasteiger partial charge in [0.2, 0.25) is 0 Å². The number of rotatable bonds is 12. The van der Waals surface area contributed by atoms with Crippen LogP contribution >= 0.6 is 0 Å². The van der Waals surface area contributed by atoms with Gasteiger partial charge in [0.05, 0.1) is 11.8 Å². The summed E-state index contributed by atoms with van der Waals surface area (Å²) in [5.74, 6) is 1.82. The number of hydrogen-bond donors (Lipinski definition) is 0. The van der Waals surface area contributed by atoms with Crippen molar-refractivity contribution >= 4 is 0 Å². The summed E-state index contributed by atoms with van der Waals surface area (Å²) < 4.78 is 6.48. The first-order valence-corrected chi connectivity index (χ1v) is 14.0. The van der Waals surface area contributed by atoms with Crippen LogP contribution in [0.1, 0.15) is 74.9 Å². The summed E-state index contributed by atoms with van der Waals surface area (Å²) in [6.45, 7) is 14.0. The van der Waals surface area contributed by atoms with Crippen LogP contribution in [0.4, 0.5) is 0 Å². The lowest BCUT2D eigenvalue weighted by atomic mass is 9.85. The topological polar surface area (TPSA) is 25.4 Å². The Morgan fingerprint density at radius 1 is 0.972 bits per heavy atom. The molecule has 1 saturated carbocycles. The summed E-state index contributed by atoms with van der Waals surface area (Å²) in [6.07, 6.45) is 7.30. The molecule has 0 N–H and O–H groups in total. The number of nitrogens with zero attached hydrogens (tertiary/aromatic N) is 2. The molecule has 1 aromatic heterocycles. The fourth-order valence-corrected chi connectivity index (χ4v) is 5.35. The van der Waals surface area contributed by atoms with Crippen LogP contribution in [0.2, 0.25) is 0 Å². The molecule has 0 saturated heterocycles. The first kappa shape index (κ1) is 26.4. The van der Waals surface area contributed by atoms with Crippen molar-refractivity contribution in [3.05, 3.63) is 82.5 Å². The van der Waals surface area contributed by atoms with E-state index in [2.05, 4.69) is 94.1 Å². The van der Waals surface area contributed by atoms with E-state index in [4.69, 9.17) is 9.72 Å². The fourth-order valence-electron chi connectivity index (χ4n) is 5.35. The molecule has 0 radical (unpaired) electrons. The van der Waals surface area contributed by atoms with E-state index < -0.39 is 0 Å². The van der Waals surface area contributed by atoms with Crippen LogP contribution in [0, 0.1) is 12.8 Å². The van der Waals surface area contributed by atoms with Gasteiger partial charge in [0.25, 0.3) is 0 Å². The highest BCUT2D eigenvalue weighted by atomic mass is 16.5. The first-order chi connectivity index (χ1) is 17.5. The third kappa shape index (κ3) is 6.56. The SMILES string of the molecule is CCc1cccc(CC)c1-c1cc(OC(C)C)c(CN(CCc2ccccc2)CC2CCC2)c(C)n1. The van der Waals surface area contributed by atoms with Gasteiger partial charge in [0.1, 0.15) is 5.75 Å². The lowest BCUT2D eigenvalue weighted by molar-refractivity contribution is 0.168. The molecule has 1 aliphatic carbocycles. The Morgan fingerprint density at radius 3 is 2.25 bits per heavy atom. The molecule has 0 bridgehead atoms. The minimum absolute atomic E-state index is 0.120. The molecular formula is C33H44N2O. The number of aromatic nitrogens is 1. The van der Waals surface area contributed by atoms with Crippen molar-refractivity contribution in [3.63, 3.8) is 0 Å². The molecule has 1 aliphatic rings. The summed E-state index contributed by atoms with van der Waals surface area (Å²) in [6, 6.07) is 19.8. The minimum Gasteiger partial charge on any atom is -0.491 e. The monoisotopic (exact) mass is 484 g/mol. The Labute approximate surface area is 218 Å². The van der Waals surface area contributed by atoms with Crippen LogP contribution in [-0.4, -0.2) is 29.1 Å². The second kappa shape index (κ2) is 12.5. The normalized spacial score (nSPS) is 13.9. The molecule has 192 valence electrons. The zero-order chi connectivity index (χ0) is 25.5. The lowest BCUT2D eigenvalue weighted by Crippen LogP contribution is -2.34. The van der Waals surface area contributed by atoms with Crippen molar-refractivity contribution in [1.29, 1.82) is 0 Å². The summed E-state index contributed by atoms with van der Waals surface area (Å²) in [7, 11) is 0. The van der Waals surface area contributed by atoms with E-state index in [0.29, 0.717) is 0 Å². The molecule has 36 heavy (non-hydrogen) atoms. The molecule has 3 aromatic rings. The molecule has 1 fully saturated rings. The maximum absolute atomic E-state index is 6.48. The lowest BCUT2D eigenvalue weighted by Gasteiger charge is -2.33. The summed E-state index contributed by atoms with van der Waals surface area (Å²) in [5, 5.41) is 0. The second-order valence-corrected chi connectivity index (χ2v) is 10.7. The molecule has 2 aromatic carbocycles. The standard InChI is InChI=1S/C33H44N2O/c1-6-28-17-12-18-29(7-2)33(28)31-21-32(36-24(3)4)30(25(5)34-31)23-35(22-27-15-11-16-27)20-19-26-13-9-8-10-14-26/h8-10,12-14,17-18,21,24,27H,6-7,11,15-16,19-20,22-23H2,1-5H3. The van der Waals surface area contributed by atoms with Crippen molar-refractivity contribution in [2.24, 2.45) is 5.92 Å². The average Bonchev–Trinajstić information content (AvgIpc) is 2.85. The second-order valence-electron chi connectivity index (χ2n) is 10.7. The van der Waals surface area contributed by atoms with Gasteiger partial charge in [0.15, 0.2) is 0 Å². The van der Waals surface area contributed by atoms with Gasteiger partial charge in [-0.3, -0.25) is 9.88 Å². The minimum atomic E-state index is 0.120. The first-order valence-electron chi connectivity index (χ1n) is 14.0.